The number of nitrogens with zero attached hydrogens (tertiary/aromatic N) is 3. The van der Waals surface area contributed by atoms with E-state index in [0.29, 0.717) is 12.7 Å². The Morgan fingerprint density at radius 1 is 1.35 bits per heavy atom. The van der Waals surface area contributed by atoms with Gasteiger partial charge in [0.1, 0.15) is 12.4 Å². The van der Waals surface area contributed by atoms with Crippen LogP contribution in [0.3, 0.4) is 0 Å². The van der Waals surface area contributed by atoms with Crippen LogP contribution in [0.15, 0.2) is 0 Å². The van der Waals surface area contributed by atoms with E-state index >= 15 is 0 Å². The Morgan fingerprint density at radius 2 is 2.12 bits per heavy atom. The molecule has 0 atom stereocenters. The van der Waals surface area contributed by atoms with Gasteiger partial charge in [0.15, 0.2) is 5.82 Å². The van der Waals surface area contributed by atoms with Gasteiger partial charge in [-0.15, -0.1) is 10.2 Å². The summed E-state index contributed by atoms with van der Waals surface area (Å²) < 4.78 is 8.06. The van der Waals surface area contributed by atoms with E-state index in [1.807, 2.05) is 6.92 Å². The minimum atomic E-state index is 0.378. The first-order valence-corrected chi connectivity index (χ1v) is 6.52. The Labute approximate surface area is 103 Å². The van der Waals surface area contributed by atoms with E-state index in [4.69, 9.17) is 4.74 Å². The third-order valence-corrected chi connectivity index (χ3v) is 3.19. The van der Waals surface area contributed by atoms with E-state index < -0.39 is 0 Å². The molecule has 1 aliphatic rings. The molecule has 0 aromatic carbocycles. The van der Waals surface area contributed by atoms with Crippen LogP contribution in [0.25, 0.3) is 0 Å². The summed E-state index contributed by atoms with van der Waals surface area (Å²) in [5.41, 5.74) is 0. The summed E-state index contributed by atoms with van der Waals surface area (Å²) in [4.78, 5) is 0. The van der Waals surface area contributed by atoms with E-state index in [2.05, 4.69) is 27.0 Å². The van der Waals surface area contributed by atoms with Crippen molar-refractivity contribution in [1.82, 2.24) is 20.1 Å². The summed E-state index contributed by atoms with van der Waals surface area (Å²) in [7, 11) is 0. The summed E-state index contributed by atoms with van der Waals surface area (Å²) in [6.07, 6.45) is 3.67. The van der Waals surface area contributed by atoms with E-state index in [0.717, 1.165) is 50.5 Å². The molecule has 2 heterocycles. The standard InChI is InChI=1S/C12H22N4O/c1-3-8-16-10(2)14-15-12(16)9-17-11-4-6-13-7-5-11/h11,13H,3-9H2,1-2H3. The van der Waals surface area contributed by atoms with E-state index in [1.54, 1.807) is 0 Å². The molecule has 17 heavy (non-hydrogen) atoms. The van der Waals surface area contributed by atoms with Crippen molar-refractivity contribution in [3.8, 4) is 0 Å². The first kappa shape index (κ1) is 12.5. The lowest BCUT2D eigenvalue weighted by molar-refractivity contribution is 0.0162. The van der Waals surface area contributed by atoms with Crippen LogP contribution in [-0.2, 0) is 17.9 Å². The van der Waals surface area contributed by atoms with E-state index in [9.17, 15) is 0 Å². The number of aromatic nitrogens is 3. The fraction of sp³-hybridized carbons (Fsp3) is 0.833. The van der Waals surface area contributed by atoms with Gasteiger partial charge in [-0.3, -0.25) is 0 Å². The predicted octanol–water partition coefficient (Wildman–Crippen LogP) is 1.27. The molecule has 5 heteroatoms. The number of piperidine rings is 1. The molecule has 0 bridgehead atoms. The van der Waals surface area contributed by atoms with Crippen molar-refractivity contribution in [2.24, 2.45) is 0 Å². The molecule has 2 rings (SSSR count). The van der Waals surface area contributed by atoms with Crippen LogP contribution in [-0.4, -0.2) is 34.0 Å². The maximum absolute atomic E-state index is 5.91. The first-order chi connectivity index (χ1) is 8.31. The van der Waals surface area contributed by atoms with Gasteiger partial charge >= 0.3 is 0 Å². The summed E-state index contributed by atoms with van der Waals surface area (Å²) in [5, 5.41) is 11.6. The summed E-state index contributed by atoms with van der Waals surface area (Å²) in [5.74, 6) is 1.94. The molecule has 1 aromatic rings. The van der Waals surface area contributed by atoms with Crippen LogP contribution < -0.4 is 5.32 Å². The van der Waals surface area contributed by atoms with Crippen LogP contribution in [0.5, 0.6) is 0 Å². The van der Waals surface area contributed by atoms with Gasteiger partial charge < -0.3 is 14.6 Å². The number of hydrogen-bond donors (Lipinski definition) is 1. The second-order valence-corrected chi connectivity index (χ2v) is 4.58. The maximum atomic E-state index is 5.91. The number of ether oxygens (including phenoxy) is 1. The van der Waals surface area contributed by atoms with Crippen molar-refractivity contribution in [2.45, 2.75) is 52.4 Å². The monoisotopic (exact) mass is 238 g/mol. The lowest BCUT2D eigenvalue weighted by atomic mass is 10.1. The smallest absolute Gasteiger partial charge is 0.159 e. The molecule has 0 unspecified atom stereocenters. The third-order valence-electron chi connectivity index (χ3n) is 3.19. The van der Waals surface area contributed by atoms with E-state index in [1.165, 1.54) is 0 Å². The molecule has 1 N–H and O–H groups in total. The zero-order valence-electron chi connectivity index (χ0n) is 10.8. The van der Waals surface area contributed by atoms with Crippen LogP contribution in [0.1, 0.15) is 37.8 Å². The van der Waals surface area contributed by atoms with Gasteiger partial charge in [0.2, 0.25) is 0 Å². The Hall–Kier alpha value is -0.940. The average molecular weight is 238 g/mol. The SMILES string of the molecule is CCCn1c(C)nnc1COC1CCNCC1. The molecule has 96 valence electrons. The second kappa shape index (κ2) is 6.12. The first-order valence-electron chi connectivity index (χ1n) is 6.52. The quantitative estimate of drug-likeness (QED) is 0.839. The molecule has 1 aliphatic heterocycles. The maximum Gasteiger partial charge on any atom is 0.159 e. The van der Waals surface area contributed by atoms with Crippen molar-refractivity contribution in [3.05, 3.63) is 11.6 Å². The highest BCUT2D eigenvalue weighted by molar-refractivity contribution is 4.92. The minimum Gasteiger partial charge on any atom is -0.370 e. The van der Waals surface area contributed by atoms with Crippen molar-refractivity contribution >= 4 is 0 Å². The topological polar surface area (TPSA) is 52.0 Å². The number of aryl methyl sites for hydroxylation is 1. The molecule has 0 amide bonds. The molecule has 1 aromatic heterocycles. The van der Waals surface area contributed by atoms with Crippen LogP contribution in [0, 0.1) is 6.92 Å². The second-order valence-electron chi connectivity index (χ2n) is 4.58. The van der Waals surface area contributed by atoms with Crippen LogP contribution in [0.2, 0.25) is 0 Å². The number of hydrogen-bond acceptors (Lipinski definition) is 4. The molecule has 0 saturated carbocycles. The Bertz CT molecular complexity index is 344. The van der Waals surface area contributed by atoms with Gasteiger partial charge in [-0.2, -0.15) is 0 Å². The predicted molar refractivity (Wildman–Crippen MR) is 65.7 cm³/mol. The zero-order chi connectivity index (χ0) is 12.1. The summed E-state index contributed by atoms with van der Waals surface area (Å²) in [6.45, 7) is 7.85. The number of nitrogens with one attached hydrogen (secondary N) is 1. The average Bonchev–Trinajstić information content (AvgIpc) is 2.70. The van der Waals surface area contributed by atoms with Gasteiger partial charge in [-0.25, -0.2) is 0 Å². The fourth-order valence-corrected chi connectivity index (χ4v) is 2.20. The molecular formula is C12H22N4O. The van der Waals surface area contributed by atoms with Gasteiger partial charge in [0.05, 0.1) is 6.10 Å². The van der Waals surface area contributed by atoms with Crippen molar-refractivity contribution in [1.29, 1.82) is 0 Å². The van der Waals surface area contributed by atoms with Crippen molar-refractivity contribution in [2.75, 3.05) is 13.1 Å². The molecule has 1 fully saturated rings. The largest absolute Gasteiger partial charge is 0.370 e. The molecule has 0 aliphatic carbocycles. The minimum absolute atomic E-state index is 0.378. The highest BCUT2D eigenvalue weighted by Gasteiger charge is 2.15. The Balaban J connectivity index is 1.89. The Kier molecular flexibility index (Phi) is 4.50. The van der Waals surface area contributed by atoms with Crippen LogP contribution >= 0.6 is 0 Å². The number of rotatable bonds is 5. The zero-order valence-corrected chi connectivity index (χ0v) is 10.8. The van der Waals surface area contributed by atoms with Gasteiger partial charge in [0, 0.05) is 6.54 Å². The van der Waals surface area contributed by atoms with E-state index in [-0.39, 0.29) is 0 Å². The van der Waals surface area contributed by atoms with Gasteiger partial charge in [-0.05, 0) is 39.3 Å². The molecular weight excluding hydrogens is 216 g/mol. The normalized spacial score (nSPS) is 17.5. The summed E-state index contributed by atoms with van der Waals surface area (Å²) >= 11 is 0. The molecule has 0 spiro atoms. The van der Waals surface area contributed by atoms with Crippen molar-refractivity contribution < 1.29 is 4.74 Å². The lowest BCUT2D eigenvalue weighted by Crippen LogP contribution is -2.32. The molecule has 1 saturated heterocycles. The van der Waals surface area contributed by atoms with Gasteiger partial charge in [0.25, 0.3) is 0 Å². The fourth-order valence-electron chi connectivity index (χ4n) is 2.20. The van der Waals surface area contributed by atoms with Crippen LogP contribution in [0.4, 0.5) is 0 Å². The Morgan fingerprint density at radius 3 is 2.82 bits per heavy atom. The van der Waals surface area contributed by atoms with Crippen molar-refractivity contribution in [3.63, 3.8) is 0 Å². The highest BCUT2D eigenvalue weighted by Crippen LogP contribution is 2.11. The molecule has 0 radical (unpaired) electrons. The highest BCUT2D eigenvalue weighted by atomic mass is 16.5. The lowest BCUT2D eigenvalue weighted by Gasteiger charge is -2.22. The molecule has 5 nitrogen and oxygen atoms in total. The third kappa shape index (κ3) is 3.26. The summed E-state index contributed by atoms with van der Waals surface area (Å²) in [6, 6.07) is 0. The van der Waals surface area contributed by atoms with Gasteiger partial charge in [-0.1, -0.05) is 6.92 Å².